The van der Waals surface area contributed by atoms with Gasteiger partial charge in [-0.05, 0) is 49.4 Å². The van der Waals surface area contributed by atoms with Crippen LogP contribution in [0.2, 0.25) is 0 Å². The van der Waals surface area contributed by atoms with Crippen molar-refractivity contribution in [2.45, 2.75) is 38.2 Å². The summed E-state index contributed by atoms with van der Waals surface area (Å²) >= 11 is 1.79. The number of hydrogen-bond acceptors (Lipinski definition) is 5. The van der Waals surface area contributed by atoms with E-state index in [1.54, 1.807) is 11.3 Å². The molecule has 1 aliphatic heterocycles. The normalized spacial score (nSPS) is 17.6. The zero-order valence-corrected chi connectivity index (χ0v) is 14.6. The number of thiophene rings is 1. The summed E-state index contributed by atoms with van der Waals surface area (Å²) < 4.78 is 6.07. The summed E-state index contributed by atoms with van der Waals surface area (Å²) in [6.45, 7) is 1.77. The molecule has 1 fully saturated rings. The van der Waals surface area contributed by atoms with Crippen LogP contribution in [0.1, 0.15) is 36.1 Å². The number of nitrogens with zero attached hydrogens (tertiary/aromatic N) is 1. The Labute approximate surface area is 147 Å². The van der Waals surface area contributed by atoms with Crippen LogP contribution in [0.15, 0.2) is 40.7 Å². The molecule has 0 unspecified atom stereocenters. The average Bonchev–Trinajstić information content (AvgIpc) is 3.34. The van der Waals surface area contributed by atoms with E-state index >= 15 is 0 Å². The fourth-order valence-corrected chi connectivity index (χ4v) is 4.06. The van der Waals surface area contributed by atoms with Gasteiger partial charge in [0.1, 0.15) is 5.75 Å². The van der Waals surface area contributed by atoms with Gasteiger partial charge in [0.05, 0.1) is 12.6 Å². The fourth-order valence-electron chi connectivity index (χ4n) is 3.24. The molecule has 4 nitrogen and oxygen atoms in total. The maximum Gasteiger partial charge on any atom is 0.195 e. The highest BCUT2D eigenvalue weighted by Crippen LogP contribution is 2.29. The highest BCUT2D eigenvalue weighted by atomic mass is 32.1. The predicted octanol–water partition coefficient (Wildman–Crippen LogP) is 4.03. The van der Waals surface area contributed by atoms with Gasteiger partial charge in [-0.2, -0.15) is 0 Å². The minimum atomic E-state index is 0.435. The van der Waals surface area contributed by atoms with Gasteiger partial charge < -0.3 is 15.4 Å². The zero-order chi connectivity index (χ0) is 16.2. The van der Waals surface area contributed by atoms with Crippen LogP contribution in [0.3, 0.4) is 0 Å². The Morgan fingerprint density at radius 1 is 1.21 bits per heavy atom. The minimum absolute atomic E-state index is 0.435. The summed E-state index contributed by atoms with van der Waals surface area (Å²) in [6.07, 6.45) is 6.43. The topological polar surface area (TPSA) is 45.7 Å². The number of rotatable bonds is 5. The third-order valence-electron chi connectivity index (χ3n) is 4.50. The molecule has 2 aliphatic rings. The Balaban J connectivity index is 1.33. The van der Waals surface area contributed by atoms with Crippen LogP contribution >= 0.6 is 11.3 Å². The summed E-state index contributed by atoms with van der Waals surface area (Å²) in [5.41, 5.74) is 2.39. The van der Waals surface area contributed by atoms with E-state index in [9.17, 15) is 0 Å². The molecule has 0 spiro atoms. The quantitative estimate of drug-likeness (QED) is 0.863. The first-order valence-corrected chi connectivity index (χ1v) is 9.61. The lowest BCUT2D eigenvalue weighted by Gasteiger charge is -2.10. The number of benzene rings is 1. The predicted molar refractivity (Wildman–Crippen MR) is 100 cm³/mol. The molecule has 1 aromatic carbocycles. The van der Waals surface area contributed by atoms with E-state index in [4.69, 9.17) is 4.74 Å². The monoisotopic (exact) mass is 341 g/mol. The van der Waals surface area contributed by atoms with Crippen molar-refractivity contribution in [2.24, 2.45) is 4.99 Å². The second kappa shape index (κ2) is 7.26. The Kier molecular flexibility index (Phi) is 4.69. The molecule has 1 aromatic heterocycles. The molecule has 0 atom stereocenters. The lowest BCUT2D eigenvalue weighted by Crippen LogP contribution is -2.26. The van der Waals surface area contributed by atoms with Crippen molar-refractivity contribution in [1.29, 1.82) is 0 Å². The Morgan fingerprint density at radius 3 is 2.79 bits per heavy atom. The molecular weight excluding hydrogens is 318 g/mol. The number of aliphatic imine (C=N–C) groups is 1. The molecule has 4 rings (SSSR count). The number of hydrogen-bond donors (Lipinski definition) is 2. The van der Waals surface area contributed by atoms with E-state index in [0.29, 0.717) is 6.10 Å². The zero-order valence-electron chi connectivity index (χ0n) is 13.8. The smallest absolute Gasteiger partial charge is 0.195 e. The summed E-state index contributed by atoms with van der Waals surface area (Å²) in [4.78, 5) is 5.70. The first-order valence-electron chi connectivity index (χ1n) is 8.73. The molecule has 0 amide bonds. The molecule has 1 saturated carbocycles. The summed E-state index contributed by atoms with van der Waals surface area (Å²) in [5, 5.41) is 8.66. The molecular formula is C19H23N3OS. The van der Waals surface area contributed by atoms with Crippen molar-refractivity contribution in [3.05, 3.63) is 46.2 Å². The molecule has 2 heterocycles. The van der Waals surface area contributed by atoms with Gasteiger partial charge in [-0.15, -0.1) is 11.3 Å². The molecule has 126 valence electrons. The minimum Gasteiger partial charge on any atom is -0.490 e. The van der Waals surface area contributed by atoms with E-state index < -0.39 is 0 Å². The molecule has 2 N–H and O–H groups in total. The second-order valence-electron chi connectivity index (χ2n) is 6.43. The van der Waals surface area contributed by atoms with Crippen LogP contribution < -0.4 is 15.4 Å². The van der Waals surface area contributed by atoms with Crippen LogP contribution in [0.5, 0.6) is 5.75 Å². The van der Waals surface area contributed by atoms with Gasteiger partial charge in [-0.25, -0.2) is 0 Å². The standard InChI is InChI=1S/C19H23N3OS/c1-2-4-16(3-1)23-17-12-18(24-13-17)11-14-5-7-15(8-6-14)22-19-20-9-10-21-19/h5-8,12-13,16H,1-4,9-11H2,(H2,20,21,22). The van der Waals surface area contributed by atoms with Crippen molar-refractivity contribution in [1.82, 2.24) is 5.32 Å². The average molecular weight is 341 g/mol. The summed E-state index contributed by atoms with van der Waals surface area (Å²) in [5.74, 6) is 1.92. The van der Waals surface area contributed by atoms with Crippen LogP contribution in [0, 0.1) is 0 Å². The maximum absolute atomic E-state index is 6.07. The largest absolute Gasteiger partial charge is 0.490 e. The number of anilines is 1. The van der Waals surface area contributed by atoms with Crippen molar-refractivity contribution in [3.8, 4) is 5.75 Å². The van der Waals surface area contributed by atoms with Gasteiger partial charge in [-0.3, -0.25) is 4.99 Å². The lowest BCUT2D eigenvalue weighted by atomic mass is 10.1. The first kappa shape index (κ1) is 15.5. The van der Waals surface area contributed by atoms with Crippen molar-refractivity contribution < 1.29 is 4.74 Å². The van der Waals surface area contributed by atoms with E-state index in [1.807, 2.05) is 0 Å². The highest BCUT2D eigenvalue weighted by Gasteiger charge is 2.17. The van der Waals surface area contributed by atoms with E-state index in [-0.39, 0.29) is 0 Å². The maximum atomic E-state index is 6.07. The second-order valence-corrected chi connectivity index (χ2v) is 7.42. The Hall–Kier alpha value is -2.01. The fraction of sp³-hybridized carbons (Fsp3) is 0.421. The van der Waals surface area contributed by atoms with Gasteiger partial charge in [0.2, 0.25) is 0 Å². The van der Waals surface area contributed by atoms with Gasteiger partial charge in [0, 0.05) is 28.9 Å². The number of nitrogens with one attached hydrogen (secondary N) is 2. The molecule has 5 heteroatoms. The van der Waals surface area contributed by atoms with Crippen molar-refractivity contribution >= 4 is 23.0 Å². The third-order valence-corrected chi connectivity index (χ3v) is 5.42. The van der Waals surface area contributed by atoms with Gasteiger partial charge in [0.25, 0.3) is 0 Å². The number of ether oxygens (including phenoxy) is 1. The highest BCUT2D eigenvalue weighted by molar-refractivity contribution is 7.10. The molecule has 1 aliphatic carbocycles. The Bertz CT molecular complexity index is 702. The van der Waals surface area contributed by atoms with Gasteiger partial charge in [0.15, 0.2) is 5.96 Å². The van der Waals surface area contributed by atoms with Crippen LogP contribution in [0.4, 0.5) is 5.69 Å². The summed E-state index contributed by atoms with van der Waals surface area (Å²) in [7, 11) is 0. The molecule has 0 radical (unpaired) electrons. The van der Waals surface area contributed by atoms with Crippen LogP contribution in [-0.2, 0) is 6.42 Å². The SMILES string of the molecule is c1cc(NC2=NCCN2)ccc1Cc1cc(OC2CCCC2)cs1. The molecule has 2 aromatic rings. The molecule has 0 saturated heterocycles. The van der Waals surface area contributed by atoms with Crippen LogP contribution in [0.25, 0.3) is 0 Å². The third kappa shape index (κ3) is 3.90. The van der Waals surface area contributed by atoms with Gasteiger partial charge in [-0.1, -0.05) is 12.1 Å². The van der Waals surface area contributed by atoms with E-state index in [0.717, 1.165) is 36.9 Å². The van der Waals surface area contributed by atoms with Crippen molar-refractivity contribution in [3.63, 3.8) is 0 Å². The van der Waals surface area contributed by atoms with Crippen LogP contribution in [-0.4, -0.2) is 25.2 Å². The molecule has 0 bridgehead atoms. The van der Waals surface area contributed by atoms with E-state index in [1.165, 1.54) is 36.1 Å². The lowest BCUT2D eigenvalue weighted by molar-refractivity contribution is 0.211. The Morgan fingerprint density at radius 2 is 2.04 bits per heavy atom. The van der Waals surface area contributed by atoms with E-state index in [2.05, 4.69) is 51.3 Å². The van der Waals surface area contributed by atoms with Gasteiger partial charge >= 0.3 is 0 Å². The molecule has 24 heavy (non-hydrogen) atoms. The first-order chi connectivity index (χ1) is 11.8. The summed E-state index contributed by atoms with van der Waals surface area (Å²) in [6, 6.07) is 10.8. The van der Waals surface area contributed by atoms with Crippen molar-refractivity contribution in [2.75, 3.05) is 18.4 Å². The number of guanidine groups is 1.